The number of carbonyl (C=O) groups excluding carboxylic acids is 1. The van der Waals surface area contributed by atoms with E-state index in [2.05, 4.69) is 60.7 Å². The second-order valence-electron chi connectivity index (χ2n) is 6.71. The molecule has 132 valence electrons. The first-order valence-electron chi connectivity index (χ1n) is 8.96. The molecule has 5 heteroatoms. The quantitative estimate of drug-likeness (QED) is 0.597. The predicted molar refractivity (Wildman–Crippen MR) is 98.7 cm³/mol. The molecule has 24 heavy (non-hydrogen) atoms. The second kappa shape index (κ2) is 9.30. The first kappa shape index (κ1) is 18.3. The van der Waals surface area contributed by atoms with E-state index in [-0.39, 0.29) is 5.91 Å². The van der Waals surface area contributed by atoms with Crippen molar-refractivity contribution in [1.82, 2.24) is 15.5 Å². The molecular formula is C19H30N4O. The van der Waals surface area contributed by atoms with Crippen molar-refractivity contribution in [2.24, 2.45) is 10.9 Å². The summed E-state index contributed by atoms with van der Waals surface area (Å²) in [6.07, 6.45) is 1.67. The molecule has 0 saturated carbocycles. The van der Waals surface area contributed by atoms with Gasteiger partial charge in [0.2, 0.25) is 5.91 Å². The highest BCUT2D eigenvalue weighted by Gasteiger charge is 2.19. The van der Waals surface area contributed by atoms with E-state index in [9.17, 15) is 4.79 Å². The normalized spacial score (nSPS) is 15.2. The lowest BCUT2D eigenvalue weighted by atomic mass is 10.1. The average molecular weight is 330 g/mol. The van der Waals surface area contributed by atoms with Gasteiger partial charge in [0.05, 0.1) is 6.54 Å². The molecule has 0 aliphatic carbocycles. The van der Waals surface area contributed by atoms with Crippen LogP contribution in [0.1, 0.15) is 44.7 Å². The molecule has 1 amide bonds. The van der Waals surface area contributed by atoms with Crippen LogP contribution < -0.4 is 10.6 Å². The summed E-state index contributed by atoms with van der Waals surface area (Å²) < 4.78 is 0. The molecule has 0 spiro atoms. The third-order valence-corrected chi connectivity index (χ3v) is 3.98. The minimum atomic E-state index is 0.269. The van der Waals surface area contributed by atoms with Crippen molar-refractivity contribution >= 4 is 11.9 Å². The maximum atomic E-state index is 11.8. The summed E-state index contributed by atoms with van der Waals surface area (Å²) >= 11 is 0. The average Bonchev–Trinajstić information content (AvgIpc) is 2.95. The van der Waals surface area contributed by atoms with Gasteiger partial charge in [-0.2, -0.15) is 0 Å². The number of nitrogens with one attached hydrogen (secondary N) is 2. The minimum Gasteiger partial charge on any atom is -0.357 e. The van der Waals surface area contributed by atoms with Crippen molar-refractivity contribution in [3.05, 3.63) is 35.4 Å². The molecule has 1 fully saturated rings. The van der Waals surface area contributed by atoms with Crippen LogP contribution in [0, 0.1) is 5.92 Å². The Kier molecular flexibility index (Phi) is 7.09. The van der Waals surface area contributed by atoms with Crippen LogP contribution in [-0.2, 0) is 17.9 Å². The van der Waals surface area contributed by atoms with E-state index >= 15 is 0 Å². The summed E-state index contributed by atoms with van der Waals surface area (Å²) in [5, 5.41) is 6.63. The van der Waals surface area contributed by atoms with E-state index in [1.807, 2.05) is 4.90 Å². The zero-order valence-electron chi connectivity index (χ0n) is 15.1. The molecule has 1 aliphatic heterocycles. The molecule has 1 heterocycles. The van der Waals surface area contributed by atoms with Crippen molar-refractivity contribution in [2.45, 2.75) is 46.7 Å². The lowest BCUT2D eigenvalue weighted by molar-refractivity contribution is -0.128. The van der Waals surface area contributed by atoms with Gasteiger partial charge >= 0.3 is 0 Å². The predicted octanol–water partition coefficient (Wildman–Crippen LogP) is 2.52. The van der Waals surface area contributed by atoms with E-state index in [0.29, 0.717) is 25.4 Å². The van der Waals surface area contributed by atoms with Crippen LogP contribution >= 0.6 is 0 Å². The Morgan fingerprint density at radius 1 is 1.29 bits per heavy atom. The van der Waals surface area contributed by atoms with Crippen LogP contribution in [0.2, 0.25) is 0 Å². The van der Waals surface area contributed by atoms with Crippen LogP contribution in [0.5, 0.6) is 0 Å². The highest BCUT2D eigenvalue weighted by atomic mass is 16.2. The van der Waals surface area contributed by atoms with Crippen LogP contribution in [0.25, 0.3) is 0 Å². The number of likely N-dealkylation sites (tertiary alicyclic amines) is 1. The highest BCUT2D eigenvalue weighted by Crippen LogP contribution is 2.15. The first-order chi connectivity index (χ1) is 11.6. The van der Waals surface area contributed by atoms with Crippen LogP contribution in [-0.4, -0.2) is 36.4 Å². The zero-order chi connectivity index (χ0) is 17.4. The Morgan fingerprint density at radius 2 is 2.08 bits per heavy atom. The Balaban J connectivity index is 1.96. The van der Waals surface area contributed by atoms with Gasteiger partial charge in [-0.15, -0.1) is 0 Å². The maximum absolute atomic E-state index is 11.8. The molecule has 1 aromatic rings. The fourth-order valence-electron chi connectivity index (χ4n) is 2.73. The number of hydrogen-bond acceptors (Lipinski definition) is 2. The number of hydrogen-bond donors (Lipinski definition) is 2. The number of carbonyl (C=O) groups is 1. The summed E-state index contributed by atoms with van der Waals surface area (Å²) in [4.78, 5) is 18.4. The number of benzene rings is 1. The molecule has 0 radical (unpaired) electrons. The summed E-state index contributed by atoms with van der Waals surface area (Å²) in [5.41, 5.74) is 2.35. The van der Waals surface area contributed by atoms with Gasteiger partial charge in [0.15, 0.2) is 5.96 Å². The monoisotopic (exact) mass is 330 g/mol. The molecule has 2 rings (SSSR count). The van der Waals surface area contributed by atoms with Gasteiger partial charge in [-0.25, -0.2) is 4.99 Å². The van der Waals surface area contributed by atoms with Crippen LogP contribution in [0.3, 0.4) is 0 Å². The topological polar surface area (TPSA) is 56.7 Å². The van der Waals surface area contributed by atoms with Crippen molar-refractivity contribution in [1.29, 1.82) is 0 Å². The van der Waals surface area contributed by atoms with Crippen LogP contribution in [0.15, 0.2) is 29.3 Å². The van der Waals surface area contributed by atoms with Gasteiger partial charge in [-0.3, -0.25) is 4.79 Å². The highest BCUT2D eigenvalue weighted by molar-refractivity contribution is 5.79. The Hall–Kier alpha value is -2.04. The minimum absolute atomic E-state index is 0.269. The molecular weight excluding hydrogens is 300 g/mol. The molecule has 5 nitrogen and oxygen atoms in total. The number of aliphatic imine (C=N–C) groups is 1. The van der Waals surface area contributed by atoms with Crippen molar-refractivity contribution in [2.75, 3.05) is 19.6 Å². The van der Waals surface area contributed by atoms with Gasteiger partial charge in [0.25, 0.3) is 0 Å². The summed E-state index contributed by atoms with van der Waals surface area (Å²) in [6, 6.07) is 8.38. The van der Waals surface area contributed by atoms with Crippen LogP contribution in [0.4, 0.5) is 0 Å². The Bertz CT molecular complexity index is 568. The first-order valence-corrected chi connectivity index (χ1v) is 8.96. The molecule has 2 N–H and O–H groups in total. The van der Waals surface area contributed by atoms with E-state index in [1.165, 1.54) is 11.1 Å². The van der Waals surface area contributed by atoms with Gasteiger partial charge in [-0.05, 0) is 30.4 Å². The van der Waals surface area contributed by atoms with Gasteiger partial charge in [0, 0.05) is 32.6 Å². The van der Waals surface area contributed by atoms with Crippen molar-refractivity contribution < 1.29 is 4.79 Å². The van der Waals surface area contributed by atoms with E-state index < -0.39 is 0 Å². The van der Waals surface area contributed by atoms with Gasteiger partial charge < -0.3 is 15.5 Å². The lowest BCUT2D eigenvalue weighted by Crippen LogP contribution is -2.39. The molecule has 0 bridgehead atoms. The number of guanidine groups is 1. The summed E-state index contributed by atoms with van der Waals surface area (Å²) in [7, 11) is 0. The Morgan fingerprint density at radius 3 is 2.75 bits per heavy atom. The number of nitrogens with zero attached hydrogens (tertiary/aromatic N) is 2. The fraction of sp³-hybridized carbons (Fsp3) is 0.579. The molecule has 0 aromatic heterocycles. The maximum Gasteiger partial charge on any atom is 0.222 e. The molecule has 1 saturated heterocycles. The van der Waals surface area contributed by atoms with Gasteiger partial charge in [-0.1, -0.05) is 38.1 Å². The zero-order valence-corrected chi connectivity index (χ0v) is 15.1. The summed E-state index contributed by atoms with van der Waals surface area (Å²) in [6.45, 7) is 10.4. The Labute approximate surface area is 145 Å². The smallest absolute Gasteiger partial charge is 0.222 e. The molecule has 1 aliphatic rings. The SMILES string of the molecule is CCNC(=NCc1cccc(CN2CCCC2=O)c1)NCC(C)C. The lowest BCUT2D eigenvalue weighted by Gasteiger charge is -2.16. The molecule has 1 aromatic carbocycles. The van der Waals surface area contributed by atoms with E-state index in [1.54, 1.807) is 0 Å². The number of rotatable bonds is 7. The van der Waals surface area contributed by atoms with Crippen molar-refractivity contribution in [3.8, 4) is 0 Å². The largest absolute Gasteiger partial charge is 0.357 e. The number of amides is 1. The third kappa shape index (κ3) is 5.87. The summed E-state index contributed by atoms with van der Waals surface area (Å²) in [5.74, 6) is 1.70. The third-order valence-electron chi connectivity index (χ3n) is 3.98. The fourth-order valence-corrected chi connectivity index (χ4v) is 2.73. The standard InChI is InChI=1S/C19H30N4O/c1-4-20-19(21-12-15(2)3)22-13-16-7-5-8-17(11-16)14-23-10-6-9-18(23)24/h5,7-8,11,15H,4,6,9-10,12-14H2,1-3H3,(H2,20,21,22). The van der Waals surface area contributed by atoms with Crippen molar-refractivity contribution in [3.63, 3.8) is 0 Å². The van der Waals surface area contributed by atoms with Gasteiger partial charge in [0.1, 0.15) is 0 Å². The second-order valence-corrected chi connectivity index (χ2v) is 6.71. The molecule has 0 unspecified atom stereocenters. The van der Waals surface area contributed by atoms with E-state index in [4.69, 9.17) is 0 Å². The molecule has 0 atom stereocenters. The van der Waals surface area contributed by atoms with E-state index in [0.717, 1.165) is 32.0 Å².